The number of aromatic nitrogens is 2. The zero-order valence-electron chi connectivity index (χ0n) is 16.9. The topological polar surface area (TPSA) is 92.3 Å². The standard InChI is InChI=1S/C20H26N4O3S2/c1-12-10-13(2)17(14(3)11-12)29(26,27)24-8-6-15(7-9-24)18(25)21-20-23-22-19(28-20)16-4-5-16/h10-11,15-16H,4-9H2,1-3H3,(H,21,23,25). The molecular weight excluding hydrogens is 408 g/mol. The molecule has 0 unspecified atom stereocenters. The Kier molecular flexibility index (Phi) is 5.48. The Morgan fingerprint density at radius 3 is 2.28 bits per heavy atom. The van der Waals surface area contributed by atoms with E-state index in [2.05, 4.69) is 15.5 Å². The van der Waals surface area contributed by atoms with Gasteiger partial charge in [-0.2, -0.15) is 4.31 Å². The Morgan fingerprint density at radius 1 is 1.07 bits per heavy atom. The maximum atomic E-state index is 13.2. The van der Waals surface area contributed by atoms with Crippen LogP contribution in [0.2, 0.25) is 0 Å². The van der Waals surface area contributed by atoms with E-state index in [1.807, 2.05) is 32.9 Å². The first kappa shape index (κ1) is 20.4. The Hall–Kier alpha value is -1.84. The lowest BCUT2D eigenvalue weighted by Gasteiger charge is -2.31. The molecule has 156 valence electrons. The van der Waals surface area contributed by atoms with Gasteiger partial charge in [-0.15, -0.1) is 10.2 Å². The molecule has 0 atom stereocenters. The van der Waals surface area contributed by atoms with Crippen LogP contribution in [0.1, 0.15) is 53.3 Å². The monoisotopic (exact) mass is 434 g/mol. The van der Waals surface area contributed by atoms with Crippen molar-refractivity contribution in [2.45, 2.75) is 57.3 Å². The third-order valence-electron chi connectivity index (χ3n) is 5.62. The molecule has 1 amide bonds. The molecule has 2 heterocycles. The largest absolute Gasteiger partial charge is 0.300 e. The van der Waals surface area contributed by atoms with Gasteiger partial charge in [0.2, 0.25) is 21.1 Å². The van der Waals surface area contributed by atoms with Gasteiger partial charge < -0.3 is 5.32 Å². The molecule has 7 nitrogen and oxygen atoms in total. The van der Waals surface area contributed by atoms with E-state index < -0.39 is 10.0 Å². The van der Waals surface area contributed by atoms with Crippen molar-refractivity contribution >= 4 is 32.4 Å². The van der Waals surface area contributed by atoms with Gasteiger partial charge in [-0.3, -0.25) is 4.79 Å². The number of nitrogens with one attached hydrogen (secondary N) is 1. The molecule has 9 heteroatoms. The minimum absolute atomic E-state index is 0.0942. The Morgan fingerprint density at radius 2 is 1.69 bits per heavy atom. The fraction of sp³-hybridized carbons (Fsp3) is 0.550. The lowest BCUT2D eigenvalue weighted by Crippen LogP contribution is -2.41. The van der Waals surface area contributed by atoms with Gasteiger partial charge in [0.05, 0.1) is 4.90 Å². The lowest BCUT2D eigenvalue weighted by molar-refractivity contribution is -0.120. The van der Waals surface area contributed by atoms with E-state index in [0.29, 0.717) is 41.9 Å². The van der Waals surface area contributed by atoms with Crippen molar-refractivity contribution in [1.82, 2.24) is 14.5 Å². The average Bonchev–Trinajstić information content (AvgIpc) is 3.40. The summed E-state index contributed by atoms with van der Waals surface area (Å²) in [6.07, 6.45) is 3.30. The van der Waals surface area contributed by atoms with Crippen LogP contribution in [0, 0.1) is 26.7 Å². The van der Waals surface area contributed by atoms with Crippen LogP contribution in [0.5, 0.6) is 0 Å². The van der Waals surface area contributed by atoms with Crippen molar-refractivity contribution in [3.05, 3.63) is 33.8 Å². The first-order valence-corrected chi connectivity index (χ1v) is 12.2. The molecule has 1 N–H and O–H groups in total. The number of anilines is 1. The summed E-state index contributed by atoms with van der Waals surface area (Å²) >= 11 is 1.44. The fourth-order valence-electron chi connectivity index (χ4n) is 4.05. The summed E-state index contributed by atoms with van der Waals surface area (Å²) in [4.78, 5) is 13.0. The summed E-state index contributed by atoms with van der Waals surface area (Å²) < 4.78 is 27.9. The first-order chi connectivity index (χ1) is 13.8. The predicted octanol–water partition coefficient (Wildman–Crippen LogP) is 3.38. The zero-order valence-corrected chi connectivity index (χ0v) is 18.6. The van der Waals surface area contributed by atoms with Crippen LogP contribution < -0.4 is 5.32 Å². The molecule has 2 fully saturated rings. The van der Waals surface area contributed by atoms with Crippen LogP contribution in [-0.2, 0) is 14.8 Å². The summed E-state index contributed by atoms with van der Waals surface area (Å²) in [5, 5.41) is 12.6. The molecular formula is C20H26N4O3S2. The van der Waals surface area contributed by atoms with Gasteiger partial charge in [-0.05, 0) is 57.6 Å². The highest BCUT2D eigenvalue weighted by Crippen LogP contribution is 2.42. The molecule has 29 heavy (non-hydrogen) atoms. The van der Waals surface area contributed by atoms with Crippen molar-refractivity contribution in [2.24, 2.45) is 5.92 Å². The number of hydrogen-bond acceptors (Lipinski definition) is 6. The minimum atomic E-state index is -3.57. The first-order valence-electron chi connectivity index (χ1n) is 9.98. The molecule has 1 aliphatic carbocycles. The number of aryl methyl sites for hydroxylation is 3. The quantitative estimate of drug-likeness (QED) is 0.779. The van der Waals surface area contributed by atoms with Crippen molar-refractivity contribution in [3.63, 3.8) is 0 Å². The Balaban J connectivity index is 1.40. The molecule has 0 radical (unpaired) electrons. The van der Waals surface area contributed by atoms with Crippen molar-refractivity contribution < 1.29 is 13.2 Å². The molecule has 4 rings (SSSR count). The molecule has 1 aromatic heterocycles. The van der Waals surface area contributed by atoms with Gasteiger partial charge in [0.15, 0.2) is 0 Å². The third kappa shape index (κ3) is 4.22. The highest BCUT2D eigenvalue weighted by molar-refractivity contribution is 7.89. The van der Waals surface area contributed by atoms with Gasteiger partial charge in [-0.25, -0.2) is 8.42 Å². The van der Waals surface area contributed by atoms with Crippen LogP contribution >= 0.6 is 11.3 Å². The normalized spacial score (nSPS) is 18.7. The minimum Gasteiger partial charge on any atom is -0.300 e. The summed E-state index contributed by atoms with van der Waals surface area (Å²) in [5.74, 6) is 0.207. The number of amides is 1. The summed E-state index contributed by atoms with van der Waals surface area (Å²) in [6, 6.07) is 3.80. The van der Waals surface area contributed by atoms with Crippen LogP contribution in [-0.4, -0.2) is 41.9 Å². The maximum absolute atomic E-state index is 13.2. The van der Waals surface area contributed by atoms with E-state index in [4.69, 9.17) is 0 Å². The number of sulfonamides is 1. The van der Waals surface area contributed by atoms with Crippen molar-refractivity contribution in [2.75, 3.05) is 18.4 Å². The molecule has 1 saturated heterocycles. The number of nitrogens with zero attached hydrogens (tertiary/aromatic N) is 3. The maximum Gasteiger partial charge on any atom is 0.243 e. The number of carbonyl (C=O) groups excluding carboxylic acids is 1. The van der Waals surface area contributed by atoms with E-state index >= 15 is 0 Å². The van der Waals surface area contributed by atoms with Gasteiger partial charge in [0.25, 0.3) is 0 Å². The number of benzene rings is 1. The highest BCUT2D eigenvalue weighted by atomic mass is 32.2. The zero-order chi connectivity index (χ0) is 20.8. The molecule has 1 aliphatic heterocycles. The smallest absolute Gasteiger partial charge is 0.243 e. The summed E-state index contributed by atoms with van der Waals surface area (Å²) in [6.45, 7) is 6.33. The third-order valence-corrected chi connectivity index (χ3v) is 8.83. The molecule has 0 bridgehead atoms. The van der Waals surface area contributed by atoms with Crippen molar-refractivity contribution in [1.29, 1.82) is 0 Å². The average molecular weight is 435 g/mol. The molecule has 2 aliphatic rings. The number of hydrogen-bond donors (Lipinski definition) is 1. The van der Waals surface area contributed by atoms with E-state index in [0.717, 1.165) is 34.5 Å². The molecule has 1 aromatic carbocycles. The second-order valence-electron chi connectivity index (χ2n) is 8.12. The second kappa shape index (κ2) is 7.77. The van der Waals surface area contributed by atoms with Gasteiger partial charge in [0, 0.05) is 24.9 Å². The van der Waals surface area contributed by atoms with Gasteiger partial charge >= 0.3 is 0 Å². The van der Waals surface area contributed by atoms with Crippen LogP contribution in [0.25, 0.3) is 0 Å². The van der Waals surface area contributed by atoms with Crippen LogP contribution in [0.3, 0.4) is 0 Å². The summed E-state index contributed by atoms with van der Waals surface area (Å²) in [5.41, 5.74) is 2.59. The lowest BCUT2D eigenvalue weighted by atomic mass is 9.97. The molecule has 0 spiro atoms. The number of carbonyl (C=O) groups is 1. The van der Waals surface area contributed by atoms with E-state index in [1.165, 1.54) is 15.6 Å². The van der Waals surface area contributed by atoms with Crippen molar-refractivity contribution in [3.8, 4) is 0 Å². The van der Waals surface area contributed by atoms with E-state index in [-0.39, 0.29) is 11.8 Å². The number of piperidine rings is 1. The predicted molar refractivity (Wildman–Crippen MR) is 113 cm³/mol. The summed E-state index contributed by atoms with van der Waals surface area (Å²) in [7, 11) is -3.57. The Bertz CT molecular complexity index is 1010. The van der Waals surface area contributed by atoms with E-state index in [9.17, 15) is 13.2 Å². The Labute approximate surface area is 175 Å². The number of rotatable bonds is 5. The molecule has 2 aromatic rings. The SMILES string of the molecule is Cc1cc(C)c(S(=O)(=O)N2CCC(C(=O)Nc3nnc(C4CC4)s3)CC2)c(C)c1. The fourth-order valence-corrected chi connectivity index (χ4v) is 6.85. The highest BCUT2D eigenvalue weighted by Gasteiger charge is 2.34. The van der Waals surface area contributed by atoms with Crippen LogP contribution in [0.15, 0.2) is 17.0 Å². The van der Waals surface area contributed by atoms with Gasteiger partial charge in [0.1, 0.15) is 5.01 Å². The van der Waals surface area contributed by atoms with Gasteiger partial charge in [-0.1, -0.05) is 29.0 Å². The van der Waals surface area contributed by atoms with Crippen LogP contribution in [0.4, 0.5) is 5.13 Å². The van der Waals surface area contributed by atoms with E-state index in [1.54, 1.807) is 0 Å². The second-order valence-corrected chi connectivity index (χ2v) is 11.0. The molecule has 1 saturated carbocycles.